The molecule has 2 heterocycles. The molecule has 0 unspecified atom stereocenters. The number of nitrogens with zero attached hydrogens (tertiary/aromatic N) is 3. The van der Waals surface area contributed by atoms with Crippen molar-refractivity contribution in [3.05, 3.63) is 76.5 Å². The molecular weight excluding hydrogens is 443 g/mol. The summed E-state index contributed by atoms with van der Waals surface area (Å²) >= 11 is 1.36. The third-order valence-corrected chi connectivity index (χ3v) is 6.20. The van der Waals surface area contributed by atoms with Gasteiger partial charge in [-0.05, 0) is 55.0 Å². The molecule has 4 rings (SSSR count). The predicted molar refractivity (Wildman–Crippen MR) is 126 cm³/mol. The van der Waals surface area contributed by atoms with Crippen LogP contribution in [0.4, 0.5) is 10.1 Å². The molecule has 0 atom stereocenters. The molecule has 0 aliphatic rings. The van der Waals surface area contributed by atoms with Crippen molar-refractivity contribution in [1.82, 2.24) is 14.7 Å². The lowest BCUT2D eigenvalue weighted by molar-refractivity contribution is -0.130. The zero-order chi connectivity index (χ0) is 23.5. The summed E-state index contributed by atoms with van der Waals surface area (Å²) < 4.78 is 20.5. The number of anilines is 1. The molecule has 0 fully saturated rings. The molecule has 0 aliphatic heterocycles. The average molecular weight is 467 g/mol. The second kappa shape index (κ2) is 9.41. The summed E-state index contributed by atoms with van der Waals surface area (Å²) in [6, 6.07) is 15.0. The summed E-state index contributed by atoms with van der Waals surface area (Å²) in [5, 5.41) is 8.36. The highest BCUT2D eigenvalue weighted by atomic mass is 32.1. The van der Waals surface area contributed by atoms with E-state index in [1.54, 1.807) is 50.5 Å². The Morgan fingerprint density at radius 3 is 2.48 bits per heavy atom. The van der Waals surface area contributed by atoms with Crippen LogP contribution in [0.2, 0.25) is 0 Å². The van der Waals surface area contributed by atoms with Crippen molar-refractivity contribution in [1.29, 1.82) is 0 Å². The quantitative estimate of drug-likeness (QED) is 0.440. The molecule has 0 saturated heterocycles. The van der Waals surface area contributed by atoms with Gasteiger partial charge in [-0.2, -0.15) is 5.10 Å². The van der Waals surface area contributed by atoms with Crippen molar-refractivity contribution in [2.75, 3.05) is 26.0 Å². The number of ether oxygens (including phenoxy) is 1. The van der Waals surface area contributed by atoms with Gasteiger partial charge in [0.05, 0.1) is 17.1 Å². The Balaban J connectivity index is 1.45. The molecule has 0 radical (unpaired) electrons. The summed E-state index contributed by atoms with van der Waals surface area (Å²) in [5.74, 6) is -0.0929. The first-order valence-corrected chi connectivity index (χ1v) is 11.1. The summed E-state index contributed by atoms with van der Waals surface area (Å²) in [4.78, 5) is 27.4. The third kappa shape index (κ3) is 5.20. The number of carbonyl (C=O) groups excluding carboxylic acids is 2. The monoisotopic (exact) mass is 466 g/mol. The van der Waals surface area contributed by atoms with Crippen LogP contribution in [0, 0.1) is 12.7 Å². The molecule has 170 valence electrons. The van der Waals surface area contributed by atoms with Crippen LogP contribution in [-0.4, -0.2) is 47.2 Å². The normalized spacial score (nSPS) is 10.9. The maximum Gasteiger partial charge on any atom is 0.265 e. The van der Waals surface area contributed by atoms with E-state index in [9.17, 15) is 14.0 Å². The predicted octanol–water partition coefficient (Wildman–Crippen LogP) is 4.31. The van der Waals surface area contributed by atoms with Gasteiger partial charge in [0.25, 0.3) is 11.8 Å². The number of amides is 2. The van der Waals surface area contributed by atoms with Gasteiger partial charge >= 0.3 is 0 Å². The smallest absolute Gasteiger partial charge is 0.265 e. The van der Waals surface area contributed by atoms with E-state index in [1.807, 2.05) is 17.7 Å². The Morgan fingerprint density at radius 2 is 1.82 bits per heavy atom. The molecule has 33 heavy (non-hydrogen) atoms. The van der Waals surface area contributed by atoms with E-state index in [0.29, 0.717) is 22.9 Å². The zero-order valence-corrected chi connectivity index (χ0v) is 19.3. The number of benzene rings is 2. The SMILES string of the molecule is Cc1nn(Cc2ccc(F)cc2)c2sc(C(=O)Nc3ccc(OCC(=O)N(C)C)cc3)cc12. The van der Waals surface area contributed by atoms with Crippen LogP contribution in [0.3, 0.4) is 0 Å². The number of halogens is 1. The van der Waals surface area contributed by atoms with Gasteiger partial charge in [-0.3, -0.25) is 14.3 Å². The van der Waals surface area contributed by atoms with Gasteiger partial charge in [0.1, 0.15) is 16.4 Å². The lowest BCUT2D eigenvalue weighted by atomic mass is 10.2. The minimum Gasteiger partial charge on any atom is -0.484 e. The number of likely N-dealkylation sites (N-methyl/N-ethyl adjacent to an activating group) is 1. The summed E-state index contributed by atoms with van der Waals surface area (Å²) in [5.41, 5.74) is 2.37. The Labute approximate surface area is 194 Å². The van der Waals surface area contributed by atoms with Gasteiger partial charge in [0.15, 0.2) is 6.61 Å². The van der Waals surface area contributed by atoms with Crippen LogP contribution >= 0.6 is 11.3 Å². The molecule has 2 aromatic heterocycles. The van der Waals surface area contributed by atoms with Crippen LogP contribution in [-0.2, 0) is 11.3 Å². The van der Waals surface area contributed by atoms with Crippen LogP contribution in [0.15, 0.2) is 54.6 Å². The van der Waals surface area contributed by atoms with E-state index in [-0.39, 0.29) is 24.2 Å². The average Bonchev–Trinajstić information content (AvgIpc) is 3.36. The molecule has 0 aliphatic carbocycles. The largest absolute Gasteiger partial charge is 0.484 e. The number of hydrogen-bond donors (Lipinski definition) is 1. The molecule has 4 aromatic rings. The van der Waals surface area contributed by atoms with Crippen molar-refractivity contribution in [2.45, 2.75) is 13.5 Å². The maximum absolute atomic E-state index is 13.2. The van der Waals surface area contributed by atoms with E-state index in [0.717, 1.165) is 21.5 Å². The minimum absolute atomic E-state index is 0.0468. The third-order valence-electron chi connectivity index (χ3n) is 5.05. The number of fused-ring (bicyclic) bond motifs is 1. The molecule has 9 heteroatoms. The van der Waals surface area contributed by atoms with E-state index >= 15 is 0 Å². The van der Waals surface area contributed by atoms with Crippen LogP contribution in [0.25, 0.3) is 10.2 Å². The van der Waals surface area contributed by atoms with Crippen LogP contribution < -0.4 is 10.1 Å². The molecule has 2 aromatic carbocycles. The first-order chi connectivity index (χ1) is 15.8. The van der Waals surface area contributed by atoms with E-state index < -0.39 is 0 Å². The minimum atomic E-state index is -0.280. The fourth-order valence-corrected chi connectivity index (χ4v) is 4.25. The number of rotatable bonds is 7. The topological polar surface area (TPSA) is 76.5 Å². The Kier molecular flexibility index (Phi) is 6.41. The van der Waals surface area contributed by atoms with Crippen molar-refractivity contribution in [3.63, 3.8) is 0 Å². The highest BCUT2D eigenvalue weighted by Crippen LogP contribution is 2.29. The number of aromatic nitrogens is 2. The lowest BCUT2D eigenvalue weighted by Gasteiger charge is -2.11. The Morgan fingerprint density at radius 1 is 1.12 bits per heavy atom. The molecule has 0 spiro atoms. The fraction of sp³-hybridized carbons (Fsp3) is 0.208. The van der Waals surface area contributed by atoms with Gasteiger partial charge in [-0.15, -0.1) is 11.3 Å². The highest BCUT2D eigenvalue weighted by Gasteiger charge is 2.17. The molecule has 0 saturated carbocycles. The van der Waals surface area contributed by atoms with Crippen molar-refractivity contribution in [2.24, 2.45) is 0 Å². The fourth-order valence-electron chi connectivity index (χ4n) is 3.20. The van der Waals surface area contributed by atoms with E-state index in [4.69, 9.17) is 4.74 Å². The van der Waals surface area contributed by atoms with Gasteiger partial charge < -0.3 is 15.0 Å². The first kappa shape index (κ1) is 22.5. The Bertz CT molecular complexity index is 1290. The molecule has 7 nitrogen and oxygen atoms in total. The summed E-state index contributed by atoms with van der Waals surface area (Å²) in [6.07, 6.45) is 0. The number of nitrogens with one attached hydrogen (secondary N) is 1. The molecule has 0 bridgehead atoms. The van der Waals surface area contributed by atoms with Crippen molar-refractivity contribution < 1.29 is 18.7 Å². The number of hydrogen-bond acceptors (Lipinski definition) is 5. The van der Waals surface area contributed by atoms with Gasteiger partial charge in [-0.25, -0.2) is 4.39 Å². The standard InChI is InChI=1S/C24H23FN4O3S/c1-15-20-12-21(33-24(20)29(27-15)13-16-4-6-17(25)7-5-16)23(31)26-18-8-10-19(11-9-18)32-14-22(30)28(2)3/h4-12H,13-14H2,1-3H3,(H,26,31). The Hall–Kier alpha value is -3.72. The van der Waals surface area contributed by atoms with Crippen molar-refractivity contribution >= 4 is 39.1 Å². The second-order valence-corrected chi connectivity index (χ2v) is 8.78. The van der Waals surface area contributed by atoms with Crippen LogP contribution in [0.1, 0.15) is 20.9 Å². The summed E-state index contributed by atoms with van der Waals surface area (Å²) in [6.45, 7) is 2.34. The molecular formula is C24H23FN4O3S. The van der Waals surface area contributed by atoms with Gasteiger partial charge in [0.2, 0.25) is 0 Å². The van der Waals surface area contributed by atoms with Gasteiger partial charge in [0, 0.05) is 25.2 Å². The molecule has 1 N–H and O–H groups in total. The molecule has 2 amide bonds. The van der Waals surface area contributed by atoms with Crippen LogP contribution in [0.5, 0.6) is 5.75 Å². The van der Waals surface area contributed by atoms with Crippen molar-refractivity contribution in [3.8, 4) is 5.75 Å². The number of aryl methyl sites for hydroxylation is 1. The van der Waals surface area contributed by atoms with E-state index in [1.165, 1.54) is 28.4 Å². The number of carbonyl (C=O) groups is 2. The first-order valence-electron chi connectivity index (χ1n) is 10.3. The zero-order valence-electron chi connectivity index (χ0n) is 18.5. The summed E-state index contributed by atoms with van der Waals surface area (Å²) in [7, 11) is 3.33. The maximum atomic E-state index is 13.2. The number of thiophene rings is 1. The lowest BCUT2D eigenvalue weighted by Crippen LogP contribution is -2.27. The van der Waals surface area contributed by atoms with Gasteiger partial charge in [-0.1, -0.05) is 12.1 Å². The van der Waals surface area contributed by atoms with E-state index in [2.05, 4.69) is 10.4 Å². The second-order valence-electron chi connectivity index (χ2n) is 7.75. The highest BCUT2D eigenvalue weighted by molar-refractivity contribution is 7.20.